The van der Waals surface area contributed by atoms with Gasteiger partial charge >= 0.3 is 0 Å². The number of hydrogen-bond donors (Lipinski definition) is 0. The molecule has 0 aromatic carbocycles. The Morgan fingerprint density at radius 3 is 2.67 bits per heavy atom. The highest BCUT2D eigenvalue weighted by molar-refractivity contribution is 5.39. The van der Waals surface area contributed by atoms with Crippen LogP contribution in [0.25, 0.3) is 5.65 Å². The molecule has 0 atom stereocenters. The Labute approximate surface area is 122 Å². The molecule has 3 aromatic rings. The number of hydrogen-bond acceptors (Lipinski definition) is 5. The summed E-state index contributed by atoms with van der Waals surface area (Å²) in [4.78, 5) is 15.1. The first-order valence-electron chi connectivity index (χ1n) is 7.21. The van der Waals surface area contributed by atoms with E-state index in [4.69, 9.17) is 0 Å². The Morgan fingerprint density at radius 2 is 1.86 bits per heavy atom. The predicted molar refractivity (Wildman–Crippen MR) is 79.2 cm³/mol. The van der Waals surface area contributed by atoms with E-state index in [2.05, 4.69) is 31.0 Å². The van der Waals surface area contributed by atoms with Crippen molar-refractivity contribution in [2.24, 2.45) is 0 Å². The molecule has 1 aliphatic rings. The largest absolute Gasteiger partial charge is 0.355 e. The van der Waals surface area contributed by atoms with E-state index in [1.165, 1.54) is 5.69 Å². The van der Waals surface area contributed by atoms with Crippen LogP contribution < -0.4 is 4.90 Å². The van der Waals surface area contributed by atoms with E-state index in [9.17, 15) is 0 Å². The van der Waals surface area contributed by atoms with Gasteiger partial charge in [0.15, 0.2) is 5.65 Å². The lowest BCUT2D eigenvalue weighted by Gasteiger charge is -2.32. The molecule has 6 heteroatoms. The van der Waals surface area contributed by atoms with Crippen LogP contribution >= 0.6 is 0 Å². The minimum absolute atomic E-state index is 0.517. The molecule has 1 aliphatic heterocycles. The predicted octanol–water partition coefficient (Wildman–Crippen LogP) is 1.90. The lowest BCUT2D eigenvalue weighted by molar-refractivity contribution is 0.484. The molecule has 0 aliphatic carbocycles. The van der Waals surface area contributed by atoms with Crippen molar-refractivity contribution in [3.05, 3.63) is 48.8 Å². The summed E-state index contributed by atoms with van der Waals surface area (Å²) in [5.41, 5.74) is 2.17. The van der Waals surface area contributed by atoms with Gasteiger partial charge in [-0.05, 0) is 18.9 Å². The quantitative estimate of drug-likeness (QED) is 0.717. The van der Waals surface area contributed by atoms with E-state index >= 15 is 0 Å². The number of nitrogens with zero attached hydrogens (tertiary/aromatic N) is 6. The molecule has 0 N–H and O–H groups in total. The SMILES string of the molecule is c1cnc(N2CCC(c3ccnc4ccnn34)CC2)cn1. The van der Waals surface area contributed by atoms with Crippen molar-refractivity contribution in [2.45, 2.75) is 18.8 Å². The zero-order chi connectivity index (χ0) is 14.1. The monoisotopic (exact) mass is 280 g/mol. The van der Waals surface area contributed by atoms with E-state index in [1.807, 2.05) is 23.0 Å². The third-order valence-corrected chi connectivity index (χ3v) is 4.11. The first-order valence-corrected chi connectivity index (χ1v) is 7.21. The highest BCUT2D eigenvalue weighted by atomic mass is 15.3. The van der Waals surface area contributed by atoms with Crippen molar-refractivity contribution in [3.63, 3.8) is 0 Å². The lowest BCUT2D eigenvalue weighted by Crippen LogP contribution is -2.34. The van der Waals surface area contributed by atoms with Crippen LogP contribution in [0.1, 0.15) is 24.5 Å². The normalized spacial score (nSPS) is 16.5. The van der Waals surface area contributed by atoms with Gasteiger partial charge in [0.1, 0.15) is 5.82 Å². The standard InChI is InChI=1S/C15H16N6/c1-5-17-14-2-6-19-21(14)13(1)12-3-9-20(10-4-12)15-11-16-7-8-18-15/h1-2,5-8,11-12H,3-4,9-10H2. The fourth-order valence-electron chi connectivity index (χ4n) is 3.02. The maximum Gasteiger partial charge on any atom is 0.155 e. The Bertz CT molecular complexity index is 730. The average molecular weight is 280 g/mol. The van der Waals surface area contributed by atoms with Crippen molar-refractivity contribution < 1.29 is 0 Å². The minimum Gasteiger partial charge on any atom is -0.355 e. The number of piperidine rings is 1. The molecule has 4 heterocycles. The van der Waals surface area contributed by atoms with Crippen LogP contribution in [0.3, 0.4) is 0 Å². The van der Waals surface area contributed by atoms with Crippen molar-refractivity contribution in [3.8, 4) is 0 Å². The molecule has 0 saturated carbocycles. The molecule has 1 saturated heterocycles. The van der Waals surface area contributed by atoms with Crippen molar-refractivity contribution >= 4 is 11.5 Å². The molecule has 0 radical (unpaired) electrons. The summed E-state index contributed by atoms with van der Waals surface area (Å²) >= 11 is 0. The molecular weight excluding hydrogens is 264 g/mol. The van der Waals surface area contributed by atoms with Crippen molar-refractivity contribution in [1.29, 1.82) is 0 Å². The van der Waals surface area contributed by atoms with Gasteiger partial charge in [-0.1, -0.05) is 0 Å². The summed E-state index contributed by atoms with van der Waals surface area (Å²) in [5, 5.41) is 4.39. The molecule has 0 amide bonds. The van der Waals surface area contributed by atoms with Crippen LogP contribution in [-0.4, -0.2) is 37.7 Å². The van der Waals surface area contributed by atoms with Crippen LogP contribution in [-0.2, 0) is 0 Å². The van der Waals surface area contributed by atoms with Gasteiger partial charge in [0.05, 0.1) is 12.4 Å². The minimum atomic E-state index is 0.517. The van der Waals surface area contributed by atoms with Crippen LogP contribution in [0, 0.1) is 0 Å². The third kappa shape index (κ3) is 2.22. The third-order valence-electron chi connectivity index (χ3n) is 4.11. The van der Waals surface area contributed by atoms with Gasteiger partial charge in [0.25, 0.3) is 0 Å². The van der Waals surface area contributed by atoms with E-state index < -0.39 is 0 Å². The van der Waals surface area contributed by atoms with Crippen LogP contribution in [0.15, 0.2) is 43.1 Å². The zero-order valence-corrected chi connectivity index (χ0v) is 11.6. The molecule has 6 nitrogen and oxygen atoms in total. The summed E-state index contributed by atoms with van der Waals surface area (Å²) < 4.78 is 1.96. The summed E-state index contributed by atoms with van der Waals surface area (Å²) in [7, 11) is 0. The van der Waals surface area contributed by atoms with Crippen molar-refractivity contribution in [1.82, 2.24) is 24.6 Å². The van der Waals surface area contributed by atoms with Crippen LogP contribution in [0.5, 0.6) is 0 Å². The smallest absolute Gasteiger partial charge is 0.155 e. The lowest BCUT2D eigenvalue weighted by atomic mass is 9.93. The summed E-state index contributed by atoms with van der Waals surface area (Å²) in [6.45, 7) is 1.99. The van der Waals surface area contributed by atoms with Gasteiger partial charge < -0.3 is 4.90 Å². The van der Waals surface area contributed by atoms with Gasteiger partial charge in [0, 0.05) is 49.4 Å². The average Bonchev–Trinajstić information content (AvgIpc) is 3.04. The maximum absolute atomic E-state index is 4.39. The first kappa shape index (κ1) is 12.3. The highest BCUT2D eigenvalue weighted by Gasteiger charge is 2.23. The molecule has 3 aromatic heterocycles. The van der Waals surface area contributed by atoms with Crippen LogP contribution in [0.4, 0.5) is 5.82 Å². The molecule has 0 unspecified atom stereocenters. The Hall–Kier alpha value is -2.50. The van der Waals surface area contributed by atoms with Gasteiger partial charge in [0.2, 0.25) is 0 Å². The molecular formula is C15H16N6. The molecule has 4 rings (SSSR count). The van der Waals surface area contributed by atoms with E-state index in [0.29, 0.717) is 5.92 Å². The van der Waals surface area contributed by atoms with Gasteiger partial charge in [-0.25, -0.2) is 14.5 Å². The molecule has 0 bridgehead atoms. The topological polar surface area (TPSA) is 59.2 Å². The second kappa shape index (κ2) is 5.12. The number of rotatable bonds is 2. The van der Waals surface area contributed by atoms with Gasteiger partial charge in [-0.3, -0.25) is 4.98 Å². The van der Waals surface area contributed by atoms with Crippen LogP contribution in [0.2, 0.25) is 0 Å². The van der Waals surface area contributed by atoms with Gasteiger partial charge in [-0.15, -0.1) is 0 Å². The van der Waals surface area contributed by atoms with E-state index in [0.717, 1.165) is 37.4 Å². The number of aromatic nitrogens is 5. The summed E-state index contributed by atoms with van der Waals surface area (Å²) in [6.07, 6.45) is 11.2. The zero-order valence-electron chi connectivity index (χ0n) is 11.6. The second-order valence-corrected chi connectivity index (χ2v) is 5.30. The Kier molecular flexibility index (Phi) is 2.99. The second-order valence-electron chi connectivity index (χ2n) is 5.30. The van der Waals surface area contributed by atoms with E-state index in [1.54, 1.807) is 18.6 Å². The highest BCUT2D eigenvalue weighted by Crippen LogP contribution is 2.29. The first-order chi connectivity index (χ1) is 10.4. The fraction of sp³-hybridized carbons (Fsp3) is 0.333. The molecule has 1 fully saturated rings. The Balaban J connectivity index is 1.54. The molecule has 21 heavy (non-hydrogen) atoms. The number of anilines is 1. The molecule has 106 valence electrons. The van der Waals surface area contributed by atoms with Gasteiger partial charge in [-0.2, -0.15) is 5.10 Å². The summed E-state index contributed by atoms with van der Waals surface area (Å²) in [6, 6.07) is 4.03. The van der Waals surface area contributed by atoms with Crippen molar-refractivity contribution in [2.75, 3.05) is 18.0 Å². The summed E-state index contributed by atoms with van der Waals surface area (Å²) in [5.74, 6) is 1.48. The Morgan fingerprint density at radius 1 is 0.952 bits per heavy atom. The maximum atomic E-state index is 4.39. The molecule has 0 spiro atoms. The fourth-order valence-corrected chi connectivity index (χ4v) is 3.02. The van der Waals surface area contributed by atoms with E-state index in [-0.39, 0.29) is 0 Å². The number of fused-ring (bicyclic) bond motifs is 1.